The summed E-state index contributed by atoms with van der Waals surface area (Å²) in [5, 5.41) is 6.69. The maximum atomic E-state index is 12.5. The fourth-order valence-corrected chi connectivity index (χ4v) is 2.60. The molecule has 0 bridgehead atoms. The van der Waals surface area contributed by atoms with Gasteiger partial charge in [-0.05, 0) is 19.1 Å². The molecule has 0 spiro atoms. The summed E-state index contributed by atoms with van der Waals surface area (Å²) in [4.78, 5) is 30.0. The van der Waals surface area contributed by atoms with Crippen molar-refractivity contribution in [3.05, 3.63) is 36.5 Å². The Morgan fingerprint density at radius 1 is 1.36 bits per heavy atom. The zero-order valence-electron chi connectivity index (χ0n) is 12.4. The van der Waals surface area contributed by atoms with Crippen molar-refractivity contribution >= 4 is 28.5 Å². The highest BCUT2D eigenvalue weighted by Crippen LogP contribution is 2.21. The molecule has 114 valence electrons. The van der Waals surface area contributed by atoms with E-state index in [0.29, 0.717) is 25.2 Å². The second-order valence-electron chi connectivity index (χ2n) is 5.41. The van der Waals surface area contributed by atoms with E-state index < -0.39 is 0 Å². The van der Waals surface area contributed by atoms with Gasteiger partial charge in [0, 0.05) is 37.1 Å². The summed E-state index contributed by atoms with van der Waals surface area (Å²) in [5.41, 5.74) is 1.44. The van der Waals surface area contributed by atoms with Gasteiger partial charge in [-0.2, -0.15) is 0 Å². The van der Waals surface area contributed by atoms with Crippen molar-refractivity contribution in [3.8, 4) is 0 Å². The number of carbonyl (C=O) groups excluding carboxylic acids is 2. The van der Waals surface area contributed by atoms with E-state index >= 15 is 0 Å². The van der Waals surface area contributed by atoms with Gasteiger partial charge in [0.2, 0.25) is 5.91 Å². The quantitative estimate of drug-likeness (QED) is 0.845. The third kappa shape index (κ3) is 2.86. The van der Waals surface area contributed by atoms with Crippen molar-refractivity contribution in [2.24, 2.45) is 0 Å². The first kappa shape index (κ1) is 14.3. The molecule has 0 radical (unpaired) electrons. The number of nitrogens with zero attached hydrogens (tertiary/aromatic N) is 2. The summed E-state index contributed by atoms with van der Waals surface area (Å²) in [6.07, 6.45) is 2.03. The molecule has 0 saturated carbocycles. The van der Waals surface area contributed by atoms with Crippen molar-refractivity contribution in [3.63, 3.8) is 0 Å². The molecule has 1 aliphatic rings. The molecule has 1 aromatic heterocycles. The number of fused-ring (bicyclic) bond motifs is 1. The van der Waals surface area contributed by atoms with Gasteiger partial charge in [-0.1, -0.05) is 18.2 Å². The summed E-state index contributed by atoms with van der Waals surface area (Å²) in [5.74, 6) is -0.0195. The van der Waals surface area contributed by atoms with Crippen LogP contribution in [0.15, 0.2) is 36.5 Å². The van der Waals surface area contributed by atoms with Crippen LogP contribution in [0.5, 0.6) is 0 Å². The lowest BCUT2D eigenvalue weighted by molar-refractivity contribution is -0.120. The van der Waals surface area contributed by atoms with Crippen molar-refractivity contribution in [1.29, 1.82) is 0 Å². The number of amides is 3. The lowest BCUT2D eigenvalue weighted by Crippen LogP contribution is -2.44. The zero-order chi connectivity index (χ0) is 15.5. The highest BCUT2D eigenvalue weighted by Gasteiger charge is 2.24. The molecule has 1 atom stereocenters. The van der Waals surface area contributed by atoms with Crippen LogP contribution in [0.25, 0.3) is 10.9 Å². The number of urea groups is 1. The van der Waals surface area contributed by atoms with Gasteiger partial charge in [-0.25, -0.2) is 4.79 Å². The van der Waals surface area contributed by atoms with Gasteiger partial charge in [0.1, 0.15) is 0 Å². The molecule has 1 aromatic carbocycles. The van der Waals surface area contributed by atoms with Crippen LogP contribution < -0.4 is 10.6 Å². The second kappa shape index (κ2) is 6.01. The molecule has 6 heteroatoms. The minimum absolute atomic E-state index is 0.0195. The fourth-order valence-electron chi connectivity index (χ4n) is 2.60. The van der Waals surface area contributed by atoms with Gasteiger partial charge < -0.3 is 15.5 Å². The van der Waals surface area contributed by atoms with Crippen LogP contribution in [-0.2, 0) is 4.79 Å². The minimum atomic E-state index is -0.206. The molecule has 2 heterocycles. The number of pyridine rings is 1. The molecular weight excluding hydrogens is 280 g/mol. The summed E-state index contributed by atoms with van der Waals surface area (Å²) < 4.78 is 0. The van der Waals surface area contributed by atoms with E-state index in [-0.39, 0.29) is 18.0 Å². The number of carbonyl (C=O) groups is 2. The largest absolute Gasteiger partial charge is 0.354 e. The monoisotopic (exact) mass is 298 g/mol. The van der Waals surface area contributed by atoms with E-state index in [1.807, 2.05) is 37.3 Å². The van der Waals surface area contributed by atoms with Gasteiger partial charge >= 0.3 is 6.03 Å². The van der Waals surface area contributed by atoms with Crippen LogP contribution in [0.3, 0.4) is 0 Å². The maximum absolute atomic E-state index is 12.5. The Morgan fingerprint density at radius 2 is 2.18 bits per heavy atom. The molecular formula is C16H18N4O2. The van der Waals surface area contributed by atoms with E-state index in [0.717, 1.165) is 10.9 Å². The average molecular weight is 298 g/mol. The number of anilines is 1. The number of benzene rings is 1. The van der Waals surface area contributed by atoms with E-state index in [1.165, 1.54) is 0 Å². The lowest BCUT2D eigenvalue weighted by atomic mass is 10.2. The number of hydrogen-bond acceptors (Lipinski definition) is 3. The minimum Gasteiger partial charge on any atom is -0.354 e. The Kier molecular flexibility index (Phi) is 3.91. The molecule has 0 unspecified atom stereocenters. The standard InChI is InChI=1S/C16H18N4O2/c1-11-10-18-14(21)7-9-20(11)16(22)19-13-6-2-4-12-5-3-8-17-15(12)13/h2-6,8,11H,7,9-10H2,1H3,(H,18,21)(H,19,22)/t11-/m0/s1. The van der Waals surface area contributed by atoms with Gasteiger partial charge in [0.15, 0.2) is 0 Å². The van der Waals surface area contributed by atoms with Crippen molar-refractivity contribution in [2.45, 2.75) is 19.4 Å². The maximum Gasteiger partial charge on any atom is 0.322 e. The van der Waals surface area contributed by atoms with Crippen LogP contribution >= 0.6 is 0 Å². The van der Waals surface area contributed by atoms with Crippen LogP contribution in [-0.4, -0.2) is 41.0 Å². The second-order valence-corrected chi connectivity index (χ2v) is 5.41. The summed E-state index contributed by atoms with van der Waals surface area (Å²) in [6, 6.07) is 9.23. The molecule has 22 heavy (non-hydrogen) atoms. The zero-order valence-corrected chi connectivity index (χ0v) is 12.4. The normalized spacial score (nSPS) is 18.7. The third-order valence-corrected chi connectivity index (χ3v) is 3.84. The highest BCUT2D eigenvalue weighted by molar-refractivity contribution is 5.99. The predicted octanol–water partition coefficient (Wildman–Crippen LogP) is 1.98. The van der Waals surface area contributed by atoms with Crippen molar-refractivity contribution in [1.82, 2.24) is 15.2 Å². The van der Waals surface area contributed by atoms with Gasteiger partial charge in [0.25, 0.3) is 0 Å². The smallest absolute Gasteiger partial charge is 0.322 e. The highest BCUT2D eigenvalue weighted by atomic mass is 16.2. The van der Waals surface area contributed by atoms with E-state index in [1.54, 1.807) is 11.1 Å². The molecule has 2 aromatic rings. The first-order valence-corrected chi connectivity index (χ1v) is 7.33. The van der Waals surface area contributed by atoms with Gasteiger partial charge in [-0.15, -0.1) is 0 Å². The van der Waals surface area contributed by atoms with Gasteiger partial charge in [-0.3, -0.25) is 9.78 Å². The Labute approximate surface area is 128 Å². The number of rotatable bonds is 1. The van der Waals surface area contributed by atoms with Crippen LogP contribution in [0.1, 0.15) is 13.3 Å². The number of para-hydroxylation sites is 1. The third-order valence-electron chi connectivity index (χ3n) is 3.84. The Bertz CT molecular complexity index is 711. The molecule has 6 nitrogen and oxygen atoms in total. The van der Waals surface area contributed by atoms with E-state index in [4.69, 9.17) is 0 Å². The summed E-state index contributed by atoms with van der Waals surface area (Å²) >= 11 is 0. The first-order chi connectivity index (χ1) is 10.6. The molecule has 3 rings (SSSR count). The number of hydrogen-bond donors (Lipinski definition) is 2. The fraction of sp³-hybridized carbons (Fsp3) is 0.312. The first-order valence-electron chi connectivity index (χ1n) is 7.33. The van der Waals surface area contributed by atoms with Crippen LogP contribution in [0.2, 0.25) is 0 Å². The van der Waals surface area contributed by atoms with E-state index in [9.17, 15) is 9.59 Å². The lowest BCUT2D eigenvalue weighted by Gasteiger charge is -2.26. The molecule has 2 N–H and O–H groups in total. The number of aromatic nitrogens is 1. The van der Waals surface area contributed by atoms with E-state index in [2.05, 4.69) is 15.6 Å². The van der Waals surface area contributed by atoms with Crippen LogP contribution in [0.4, 0.5) is 10.5 Å². The summed E-state index contributed by atoms with van der Waals surface area (Å²) in [6.45, 7) is 2.81. The SMILES string of the molecule is C[C@H]1CNC(=O)CCN1C(=O)Nc1cccc2cccnc12. The number of nitrogens with one attached hydrogen (secondary N) is 2. The van der Waals surface area contributed by atoms with Crippen molar-refractivity contribution in [2.75, 3.05) is 18.4 Å². The Morgan fingerprint density at radius 3 is 3.05 bits per heavy atom. The average Bonchev–Trinajstić information content (AvgIpc) is 2.69. The Balaban J connectivity index is 1.82. The molecule has 1 aliphatic heterocycles. The predicted molar refractivity (Wildman–Crippen MR) is 84.6 cm³/mol. The molecule has 1 saturated heterocycles. The summed E-state index contributed by atoms with van der Waals surface area (Å²) in [7, 11) is 0. The topological polar surface area (TPSA) is 74.3 Å². The molecule has 3 amide bonds. The molecule has 0 aliphatic carbocycles. The van der Waals surface area contributed by atoms with Crippen LogP contribution in [0, 0.1) is 0 Å². The molecule has 1 fully saturated rings. The Hall–Kier alpha value is -2.63. The van der Waals surface area contributed by atoms with Gasteiger partial charge in [0.05, 0.1) is 11.2 Å². The van der Waals surface area contributed by atoms with Crippen molar-refractivity contribution < 1.29 is 9.59 Å².